The van der Waals surface area contributed by atoms with E-state index in [2.05, 4.69) is 27.4 Å². The van der Waals surface area contributed by atoms with E-state index < -0.39 is 0 Å². The summed E-state index contributed by atoms with van der Waals surface area (Å²) in [6.07, 6.45) is 6.97. The van der Waals surface area contributed by atoms with E-state index in [1.54, 1.807) is 25.7 Å². The Kier molecular flexibility index (Phi) is 4.20. The lowest BCUT2D eigenvalue weighted by molar-refractivity contribution is 0.411. The molecule has 2 aromatic rings. The third-order valence-electron chi connectivity index (χ3n) is 2.65. The van der Waals surface area contributed by atoms with Gasteiger partial charge in [0, 0.05) is 12.4 Å². The Bertz CT molecular complexity index is 489. The first-order valence-electron chi connectivity index (χ1n) is 5.84. The molecule has 0 radical (unpaired) electrons. The normalized spacial score (nSPS) is 12.1. The highest BCUT2D eigenvalue weighted by molar-refractivity contribution is 5.32. The van der Waals surface area contributed by atoms with Gasteiger partial charge in [0.1, 0.15) is 5.75 Å². The Morgan fingerprint density at radius 2 is 2.11 bits per heavy atom. The summed E-state index contributed by atoms with van der Waals surface area (Å²) in [6, 6.07) is 3.97. The van der Waals surface area contributed by atoms with Crippen LogP contribution in [0.1, 0.15) is 24.1 Å². The molecule has 5 nitrogen and oxygen atoms in total. The number of nitrogens with zero attached hydrogens (tertiary/aromatic N) is 3. The molecule has 1 atom stereocenters. The molecular formula is C13H16N4O. The van der Waals surface area contributed by atoms with Crippen LogP contribution >= 0.6 is 0 Å². The maximum atomic E-state index is 5.20. The maximum Gasteiger partial charge on any atom is 0.137 e. The summed E-state index contributed by atoms with van der Waals surface area (Å²) < 4.78 is 5.20. The van der Waals surface area contributed by atoms with Crippen molar-refractivity contribution < 1.29 is 4.74 Å². The molecule has 0 spiro atoms. The number of rotatable bonds is 5. The largest absolute Gasteiger partial charge is 0.495 e. The van der Waals surface area contributed by atoms with Crippen molar-refractivity contribution >= 4 is 0 Å². The zero-order valence-corrected chi connectivity index (χ0v) is 10.5. The molecule has 18 heavy (non-hydrogen) atoms. The van der Waals surface area contributed by atoms with Crippen molar-refractivity contribution in [2.75, 3.05) is 13.7 Å². The fourth-order valence-corrected chi connectivity index (χ4v) is 1.81. The number of methoxy groups -OCH3 is 1. The van der Waals surface area contributed by atoms with E-state index in [1.807, 2.05) is 18.3 Å². The lowest BCUT2D eigenvalue weighted by atomic mass is 10.0. The lowest BCUT2D eigenvalue weighted by Crippen LogP contribution is -2.22. The minimum absolute atomic E-state index is 0.0492. The maximum absolute atomic E-state index is 5.20. The summed E-state index contributed by atoms with van der Waals surface area (Å²) >= 11 is 0. The van der Waals surface area contributed by atoms with E-state index in [-0.39, 0.29) is 6.04 Å². The van der Waals surface area contributed by atoms with E-state index in [1.165, 1.54) is 0 Å². The Balaban J connectivity index is 2.35. The van der Waals surface area contributed by atoms with Crippen LogP contribution in [0.25, 0.3) is 0 Å². The first-order valence-corrected chi connectivity index (χ1v) is 5.84. The summed E-state index contributed by atoms with van der Waals surface area (Å²) in [5.41, 5.74) is 2.10. The standard InChI is InChI=1S/C13H16N4O/c1-3-15-13(10-4-5-16-17-8-10)11-6-12(18-2)9-14-7-11/h4-9,13,15H,3H2,1-2H3. The molecule has 2 rings (SSSR count). The quantitative estimate of drug-likeness (QED) is 0.865. The van der Waals surface area contributed by atoms with Gasteiger partial charge in [0.05, 0.1) is 25.5 Å². The van der Waals surface area contributed by atoms with Gasteiger partial charge >= 0.3 is 0 Å². The van der Waals surface area contributed by atoms with Gasteiger partial charge in [-0.1, -0.05) is 6.92 Å². The highest BCUT2D eigenvalue weighted by Crippen LogP contribution is 2.23. The second kappa shape index (κ2) is 6.07. The van der Waals surface area contributed by atoms with Crippen molar-refractivity contribution in [2.45, 2.75) is 13.0 Å². The van der Waals surface area contributed by atoms with Gasteiger partial charge in [0.15, 0.2) is 0 Å². The summed E-state index contributed by atoms with van der Waals surface area (Å²) in [5, 5.41) is 11.1. The summed E-state index contributed by atoms with van der Waals surface area (Å²) in [5.74, 6) is 0.748. The third kappa shape index (κ3) is 2.81. The average Bonchev–Trinajstić information content (AvgIpc) is 2.46. The van der Waals surface area contributed by atoms with E-state index >= 15 is 0 Å². The topological polar surface area (TPSA) is 59.9 Å². The number of nitrogens with one attached hydrogen (secondary N) is 1. The van der Waals surface area contributed by atoms with Crippen molar-refractivity contribution in [2.24, 2.45) is 0 Å². The molecule has 0 aromatic carbocycles. The third-order valence-corrected chi connectivity index (χ3v) is 2.65. The second-order valence-electron chi connectivity index (χ2n) is 3.82. The van der Waals surface area contributed by atoms with Crippen molar-refractivity contribution in [1.82, 2.24) is 20.5 Å². The van der Waals surface area contributed by atoms with Gasteiger partial charge in [-0.05, 0) is 29.8 Å². The van der Waals surface area contributed by atoms with Crippen LogP contribution in [0.2, 0.25) is 0 Å². The molecule has 2 aromatic heterocycles. The highest BCUT2D eigenvalue weighted by atomic mass is 16.5. The van der Waals surface area contributed by atoms with E-state index in [0.717, 1.165) is 23.4 Å². The Morgan fingerprint density at radius 1 is 1.22 bits per heavy atom. The molecule has 0 aliphatic carbocycles. The van der Waals surface area contributed by atoms with Crippen molar-refractivity contribution in [3.05, 3.63) is 48.0 Å². The van der Waals surface area contributed by atoms with Gasteiger partial charge in [0.25, 0.3) is 0 Å². The second-order valence-corrected chi connectivity index (χ2v) is 3.82. The van der Waals surface area contributed by atoms with Gasteiger partial charge in [-0.25, -0.2) is 0 Å². The minimum Gasteiger partial charge on any atom is -0.495 e. The Hall–Kier alpha value is -2.01. The van der Waals surface area contributed by atoms with Crippen molar-refractivity contribution in [3.8, 4) is 5.75 Å². The molecule has 2 heterocycles. The number of hydrogen-bond donors (Lipinski definition) is 1. The van der Waals surface area contributed by atoms with Crippen LogP contribution in [-0.2, 0) is 0 Å². The summed E-state index contributed by atoms with van der Waals surface area (Å²) in [6.45, 7) is 2.92. The SMILES string of the molecule is CCNC(c1ccnnc1)c1cncc(OC)c1. The zero-order chi connectivity index (χ0) is 12.8. The van der Waals surface area contributed by atoms with Gasteiger partial charge in [-0.2, -0.15) is 10.2 Å². The zero-order valence-electron chi connectivity index (χ0n) is 10.5. The van der Waals surface area contributed by atoms with Crippen molar-refractivity contribution in [3.63, 3.8) is 0 Å². The molecule has 94 valence electrons. The number of hydrogen-bond acceptors (Lipinski definition) is 5. The van der Waals surface area contributed by atoms with Crippen molar-refractivity contribution in [1.29, 1.82) is 0 Å². The van der Waals surface area contributed by atoms with E-state index in [9.17, 15) is 0 Å². The summed E-state index contributed by atoms with van der Waals surface area (Å²) in [4.78, 5) is 4.18. The Labute approximate surface area is 106 Å². The van der Waals surface area contributed by atoms with Crippen LogP contribution in [0.5, 0.6) is 5.75 Å². The van der Waals surface area contributed by atoms with Crippen LogP contribution in [0, 0.1) is 0 Å². The molecule has 0 amide bonds. The smallest absolute Gasteiger partial charge is 0.137 e. The molecule has 0 saturated heterocycles. The fraction of sp³-hybridized carbons (Fsp3) is 0.308. The van der Waals surface area contributed by atoms with Gasteiger partial charge < -0.3 is 10.1 Å². The first-order chi connectivity index (χ1) is 8.85. The molecule has 0 aliphatic heterocycles. The average molecular weight is 244 g/mol. The van der Waals surface area contributed by atoms with Crippen LogP contribution in [0.15, 0.2) is 36.9 Å². The predicted octanol–water partition coefficient (Wildman–Crippen LogP) is 1.58. The van der Waals surface area contributed by atoms with Crippen LogP contribution < -0.4 is 10.1 Å². The highest BCUT2D eigenvalue weighted by Gasteiger charge is 2.14. The molecule has 0 fully saturated rings. The van der Waals surface area contributed by atoms with E-state index in [4.69, 9.17) is 4.74 Å². The number of aromatic nitrogens is 3. The molecule has 1 N–H and O–H groups in total. The van der Waals surface area contributed by atoms with Gasteiger partial charge in [-0.15, -0.1) is 0 Å². The molecule has 5 heteroatoms. The molecule has 0 bridgehead atoms. The minimum atomic E-state index is 0.0492. The van der Waals surface area contributed by atoms with Crippen LogP contribution in [-0.4, -0.2) is 28.8 Å². The van der Waals surface area contributed by atoms with Crippen LogP contribution in [0.3, 0.4) is 0 Å². The molecular weight excluding hydrogens is 228 g/mol. The molecule has 0 saturated carbocycles. The first kappa shape index (κ1) is 12.4. The summed E-state index contributed by atoms with van der Waals surface area (Å²) in [7, 11) is 1.64. The van der Waals surface area contributed by atoms with Crippen LogP contribution in [0.4, 0.5) is 0 Å². The fourth-order valence-electron chi connectivity index (χ4n) is 1.81. The number of pyridine rings is 1. The predicted molar refractivity (Wildman–Crippen MR) is 68.3 cm³/mol. The van der Waals surface area contributed by atoms with E-state index in [0.29, 0.717) is 0 Å². The van der Waals surface area contributed by atoms with Gasteiger partial charge in [0.2, 0.25) is 0 Å². The molecule has 0 aliphatic rings. The lowest BCUT2D eigenvalue weighted by Gasteiger charge is -2.18. The Morgan fingerprint density at radius 3 is 2.78 bits per heavy atom. The monoisotopic (exact) mass is 244 g/mol. The van der Waals surface area contributed by atoms with Gasteiger partial charge in [-0.3, -0.25) is 4.98 Å². The number of ether oxygens (including phenoxy) is 1. The molecule has 1 unspecified atom stereocenters.